The average molecular weight is 483 g/mol. The van der Waals surface area contributed by atoms with E-state index in [0.717, 1.165) is 74.3 Å². The SMILES string of the molecule is COc1ccccc1N1CCN(CCCCc2c[nH]c3ccc(C(=O)Nc4ccccc4)cc23)CC1. The van der Waals surface area contributed by atoms with Gasteiger partial charge < -0.3 is 19.9 Å². The topological polar surface area (TPSA) is 60.6 Å². The van der Waals surface area contributed by atoms with Gasteiger partial charge in [-0.3, -0.25) is 9.69 Å². The van der Waals surface area contributed by atoms with Crippen LogP contribution in [0.5, 0.6) is 5.75 Å². The predicted octanol–water partition coefficient (Wildman–Crippen LogP) is 5.57. The standard InChI is InChI=1S/C30H34N4O2/c1-36-29-13-6-5-12-28(29)34-19-17-33(18-20-34)16-8-7-9-24-22-31-27-15-14-23(21-26(24)27)30(35)32-25-10-3-2-4-11-25/h2-6,10-15,21-22,31H,7-9,16-20H2,1H3,(H,32,35). The number of benzene rings is 3. The lowest BCUT2D eigenvalue weighted by Crippen LogP contribution is -2.46. The van der Waals surface area contributed by atoms with E-state index in [1.54, 1.807) is 7.11 Å². The summed E-state index contributed by atoms with van der Waals surface area (Å²) in [5.41, 5.74) is 5.03. The van der Waals surface area contributed by atoms with Crippen molar-refractivity contribution in [3.05, 3.63) is 90.1 Å². The summed E-state index contributed by atoms with van der Waals surface area (Å²) in [5, 5.41) is 4.12. The first-order valence-corrected chi connectivity index (χ1v) is 12.8. The molecule has 1 aromatic heterocycles. The Bertz CT molecular complexity index is 1290. The number of hydrogen-bond donors (Lipinski definition) is 2. The smallest absolute Gasteiger partial charge is 0.255 e. The average Bonchev–Trinajstić information content (AvgIpc) is 3.34. The number of hydrogen-bond acceptors (Lipinski definition) is 4. The lowest BCUT2D eigenvalue weighted by Gasteiger charge is -2.36. The van der Waals surface area contributed by atoms with Gasteiger partial charge in [0.2, 0.25) is 0 Å². The molecular weight excluding hydrogens is 448 g/mol. The number of aryl methyl sites for hydroxylation is 1. The Kier molecular flexibility index (Phi) is 7.52. The lowest BCUT2D eigenvalue weighted by atomic mass is 10.0. The molecule has 0 saturated carbocycles. The van der Waals surface area contributed by atoms with Crippen LogP contribution < -0.4 is 15.0 Å². The molecule has 6 nitrogen and oxygen atoms in total. The van der Waals surface area contributed by atoms with Crippen molar-refractivity contribution in [1.29, 1.82) is 0 Å². The number of carbonyl (C=O) groups is 1. The zero-order valence-corrected chi connectivity index (χ0v) is 20.9. The Balaban J connectivity index is 1.11. The Hall–Kier alpha value is -3.77. The van der Waals surface area contributed by atoms with Gasteiger partial charge in [0, 0.05) is 54.5 Å². The van der Waals surface area contributed by atoms with Gasteiger partial charge in [0.15, 0.2) is 0 Å². The van der Waals surface area contributed by atoms with Crippen LogP contribution in [0.25, 0.3) is 10.9 Å². The first-order chi connectivity index (χ1) is 17.7. The van der Waals surface area contributed by atoms with Crippen LogP contribution >= 0.6 is 0 Å². The van der Waals surface area contributed by atoms with Crippen LogP contribution in [0.3, 0.4) is 0 Å². The minimum Gasteiger partial charge on any atom is -0.495 e. The van der Waals surface area contributed by atoms with Gasteiger partial charge in [0.25, 0.3) is 5.91 Å². The highest BCUT2D eigenvalue weighted by Gasteiger charge is 2.19. The Labute approximate surface area is 212 Å². The zero-order chi connectivity index (χ0) is 24.7. The number of nitrogens with zero attached hydrogens (tertiary/aromatic N) is 2. The normalized spacial score (nSPS) is 14.2. The van der Waals surface area contributed by atoms with Gasteiger partial charge in [-0.1, -0.05) is 30.3 Å². The number of fused-ring (bicyclic) bond motifs is 1. The molecule has 0 radical (unpaired) electrons. The van der Waals surface area contributed by atoms with Crippen molar-refractivity contribution in [3.8, 4) is 5.75 Å². The molecule has 4 aromatic rings. The molecule has 36 heavy (non-hydrogen) atoms. The summed E-state index contributed by atoms with van der Waals surface area (Å²) in [4.78, 5) is 21.1. The van der Waals surface area contributed by atoms with E-state index in [2.05, 4.69) is 38.4 Å². The van der Waals surface area contributed by atoms with E-state index in [1.807, 2.05) is 60.7 Å². The van der Waals surface area contributed by atoms with Gasteiger partial charge in [-0.05, 0) is 73.8 Å². The second kappa shape index (κ2) is 11.3. The molecule has 0 spiro atoms. The van der Waals surface area contributed by atoms with E-state index in [9.17, 15) is 4.79 Å². The molecule has 1 amide bonds. The Morgan fingerprint density at radius 1 is 0.944 bits per heavy atom. The molecule has 6 heteroatoms. The van der Waals surface area contributed by atoms with Crippen molar-refractivity contribution in [1.82, 2.24) is 9.88 Å². The first kappa shape index (κ1) is 23.9. The zero-order valence-electron chi connectivity index (χ0n) is 20.9. The number of aromatic amines is 1. The molecule has 0 bridgehead atoms. The fourth-order valence-corrected chi connectivity index (χ4v) is 5.01. The van der Waals surface area contributed by atoms with Gasteiger partial charge in [-0.25, -0.2) is 0 Å². The molecule has 2 N–H and O–H groups in total. The van der Waals surface area contributed by atoms with E-state index >= 15 is 0 Å². The second-order valence-corrected chi connectivity index (χ2v) is 9.35. The van der Waals surface area contributed by atoms with Crippen molar-refractivity contribution in [2.24, 2.45) is 0 Å². The monoisotopic (exact) mass is 482 g/mol. The third-order valence-electron chi connectivity index (χ3n) is 7.03. The number of nitrogens with one attached hydrogen (secondary N) is 2. The number of methoxy groups -OCH3 is 1. The number of H-pyrrole nitrogens is 1. The number of piperazine rings is 1. The second-order valence-electron chi connectivity index (χ2n) is 9.35. The maximum absolute atomic E-state index is 12.7. The predicted molar refractivity (Wildman–Crippen MR) is 147 cm³/mol. The van der Waals surface area contributed by atoms with Gasteiger partial charge >= 0.3 is 0 Å². The molecule has 0 atom stereocenters. The number of ether oxygens (including phenoxy) is 1. The number of carbonyl (C=O) groups excluding carboxylic acids is 1. The van der Waals surface area contributed by atoms with Crippen LogP contribution in [0.2, 0.25) is 0 Å². The van der Waals surface area contributed by atoms with Crippen molar-refractivity contribution in [2.75, 3.05) is 50.1 Å². The molecular formula is C30H34N4O2. The Morgan fingerprint density at radius 2 is 1.72 bits per heavy atom. The molecule has 1 aliphatic rings. The van der Waals surface area contributed by atoms with Crippen LogP contribution in [-0.2, 0) is 6.42 Å². The summed E-state index contributed by atoms with van der Waals surface area (Å²) in [5.74, 6) is 0.868. The largest absolute Gasteiger partial charge is 0.495 e. The summed E-state index contributed by atoms with van der Waals surface area (Å²) in [6.07, 6.45) is 5.39. The lowest BCUT2D eigenvalue weighted by molar-refractivity contribution is 0.102. The molecule has 2 heterocycles. The number of amides is 1. The number of para-hydroxylation sites is 3. The molecule has 1 saturated heterocycles. The Morgan fingerprint density at radius 3 is 2.53 bits per heavy atom. The quantitative estimate of drug-likeness (QED) is 0.306. The fraction of sp³-hybridized carbons (Fsp3) is 0.300. The van der Waals surface area contributed by atoms with Crippen LogP contribution in [0.1, 0.15) is 28.8 Å². The number of anilines is 2. The maximum atomic E-state index is 12.7. The van der Waals surface area contributed by atoms with Crippen LogP contribution in [0.15, 0.2) is 79.0 Å². The van der Waals surface area contributed by atoms with Crippen LogP contribution in [0.4, 0.5) is 11.4 Å². The fourth-order valence-electron chi connectivity index (χ4n) is 5.01. The van der Waals surface area contributed by atoms with E-state index < -0.39 is 0 Å². The highest BCUT2D eigenvalue weighted by molar-refractivity contribution is 6.06. The van der Waals surface area contributed by atoms with E-state index in [-0.39, 0.29) is 5.91 Å². The maximum Gasteiger partial charge on any atom is 0.255 e. The van der Waals surface area contributed by atoms with E-state index in [4.69, 9.17) is 4.74 Å². The first-order valence-electron chi connectivity index (χ1n) is 12.8. The molecule has 1 aliphatic heterocycles. The molecule has 186 valence electrons. The minimum atomic E-state index is -0.0810. The van der Waals surface area contributed by atoms with Crippen molar-refractivity contribution in [2.45, 2.75) is 19.3 Å². The van der Waals surface area contributed by atoms with Crippen molar-refractivity contribution < 1.29 is 9.53 Å². The van der Waals surface area contributed by atoms with Crippen LogP contribution in [-0.4, -0.2) is 55.6 Å². The third-order valence-corrected chi connectivity index (χ3v) is 7.03. The molecule has 1 fully saturated rings. The summed E-state index contributed by atoms with van der Waals surface area (Å²) in [6, 6.07) is 23.7. The van der Waals surface area contributed by atoms with Crippen molar-refractivity contribution in [3.63, 3.8) is 0 Å². The third kappa shape index (κ3) is 5.55. The highest BCUT2D eigenvalue weighted by atomic mass is 16.5. The molecule has 0 unspecified atom stereocenters. The van der Waals surface area contributed by atoms with Gasteiger partial charge in [0.1, 0.15) is 5.75 Å². The van der Waals surface area contributed by atoms with E-state index in [1.165, 1.54) is 11.3 Å². The minimum absolute atomic E-state index is 0.0810. The highest BCUT2D eigenvalue weighted by Crippen LogP contribution is 2.28. The van der Waals surface area contributed by atoms with E-state index in [0.29, 0.717) is 5.56 Å². The molecule has 0 aliphatic carbocycles. The van der Waals surface area contributed by atoms with Gasteiger partial charge in [-0.15, -0.1) is 0 Å². The number of unbranched alkanes of at least 4 members (excludes halogenated alkanes) is 1. The number of aromatic nitrogens is 1. The van der Waals surface area contributed by atoms with Gasteiger partial charge in [0.05, 0.1) is 12.8 Å². The van der Waals surface area contributed by atoms with Gasteiger partial charge in [-0.2, -0.15) is 0 Å². The summed E-state index contributed by atoms with van der Waals surface area (Å²) in [6.45, 7) is 5.32. The molecule has 3 aromatic carbocycles. The summed E-state index contributed by atoms with van der Waals surface area (Å²) in [7, 11) is 1.74. The van der Waals surface area contributed by atoms with Crippen molar-refractivity contribution >= 4 is 28.2 Å². The molecule has 5 rings (SSSR count). The summed E-state index contributed by atoms with van der Waals surface area (Å²) < 4.78 is 5.54. The summed E-state index contributed by atoms with van der Waals surface area (Å²) >= 11 is 0. The number of rotatable bonds is 9. The van der Waals surface area contributed by atoms with Crippen LogP contribution in [0, 0.1) is 0 Å².